The Hall–Kier alpha value is -1.93. The van der Waals surface area contributed by atoms with Crippen LogP contribution in [0.2, 0.25) is 5.02 Å². The molecule has 6 nitrogen and oxygen atoms in total. The molecule has 0 spiro atoms. The van der Waals surface area contributed by atoms with E-state index >= 15 is 0 Å². The molecule has 0 aliphatic rings. The molecule has 2 rings (SSSR count). The first-order valence-electron chi connectivity index (χ1n) is 7.95. The lowest BCUT2D eigenvalue weighted by atomic mass is 10.1. The predicted octanol–water partition coefficient (Wildman–Crippen LogP) is 2.50. The lowest BCUT2D eigenvalue weighted by molar-refractivity contribution is 0.0950. The monoisotopic (exact) mass is 396 g/mol. The molecule has 0 atom stereocenters. The second-order valence-corrected chi connectivity index (χ2v) is 7.88. The van der Waals surface area contributed by atoms with E-state index in [1.165, 1.54) is 19.2 Å². The molecule has 0 bridgehead atoms. The van der Waals surface area contributed by atoms with Crippen LogP contribution in [0, 0.1) is 6.92 Å². The van der Waals surface area contributed by atoms with E-state index in [1.807, 2.05) is 12.1 Å². The third-order valence-corrected chi connectivity index (χ3v) is 5.44. The molecule has 0 saturated heterocycles. The summed E-state index contributed by atoms with van der Waals surface area (Å²) in [5.74, 6) is -0.341. The smallest absolute Gasteiger partial charge is 0.251 e. The molecular weight excluding hydrogens is 376 g/mol. The lowest BCUT2D eigenvalue weighted by Crippen LogP contribution is -2.28. The number of amides is 1. The van der Waals surface area contributed by atoms with Crippen LogP contribution in [0.15, 0.2) is 47.4 Å². The first-order chi connectivity index (χ1) is 12.3. The van der Waals surface area contributed by atoms with Crippen LogP contribution >= 0.6 is 11.6 Å². The van der Waals surface area contributed by atoms with E-state index in [1.54, 1.807) is 25.1 Å². The molecule has 0 aliphatic heterocycles. The van der Waals surface area contributed by atoms with Crippen molar-refractivity contribution in [3.63, 3.8) is 0 Å². The van der Waals surface area contributed by atoms with E-state index in [-0.39, 0.29) is 24.0 Å². The normalized spacial score (nSPS) is 11.3. The van der Waals surface area contributed by atoms with Gasteiger partial charge in [-0.15, -0.1) is 0 Å². The van der Waals surface area contributed by atoms with Gasteiger partial charge in [-0.2, -0.15) is 0 Å². The van der Waals surface area contributed by atoms with Crippen LogP contribution < -0.4 is 10.0 Å². The van der Waals surface area contributed by atoms with Crippen molar-refractivity contribution < 1.29 is 17.9 Å². The topological polar surface area (TPSA) is 84.5 Å². The maximum Gasteiger partial charge on any atom is 0.251 e. The zero-order valence-corrected chi connectivity index (χ0v) is 16.2. The van der Waals surface area contributed by atoms with Crippen molar-refractivity contribution in [3.05, 3.63) is 64.2 Å². The molecule has 0 saturated carbocycles. The SMILES string of the molecule is COCCNS(=O)(=O)c1ccc(C)c(C(=O)NCc2ccc(Cl)cc2)c1. The lowest BCUT2D eigenvalue weighted by Gasteiger charge is -2.11. The molecule has 0 aromatic heterocycles. The Morgan fingerprint density at radius 1 is 1.15 bits per heavy atom. The standard InChI is InChI=1S/C18H21ClN2O4S/c1-13-3-8-16(26(23,24)21-9-10-25-2)11-17(13)18(22)20-12-14-4-6-15(19)7-5-14/h3-8,11,21H,9-10,12H2,1-2H3,(H,20,22). The van der Waals surface area contributed by atoms with Crippen LogP contribution in [0.5, 0.6) is 0 Å². The number of rotatable bonds is 8. The predicted molar refractivity (Wildman–Crippen MR) is 101 cm³/mol. The van der Waals surface area contributed by atoms with Crippen molar-refractivity contribution in [2.75, 3.05) is 20.3 Å². The average Bonchev–Trinajstić information content (AvgIpc) is 2.61. The van der Waals surface area contributed by atoms with Gasteiger partial charge in [-0.05, 0) is 42.3 Å². The largest absolute Gasteiger partial charge is 0.383 e. The maximum absolute atomic E-state index is 12.5. The Bertz CT molecular complexity index is 867. The van der Waals surface area contributed by atoms with Crippen LogP contribution in [0.25, 0.3) is 0 Å². The van der Waals surface area contributed by atoms with Crippen LogP contribution in [0.3, 0.4) is 0 Å². The second kappa shape index (κ2) is 9.14. The highest BCUT2D eigenvalue weighted by atomic mass is 35.5. The van der Waals surface area contributed by atoms with Gasteiger partial charge in [-0.3, -0.25) is 4.79 Å². The Morgan fingerprint density at radius 2 is 1.85 bits per heavy atom. The van der Waals surface area contributed by atoms with Gasteiger partial charge in [0.15, 0.2) is 0 Å². The number of nitrogens with one attached hydrogen (secondary N) is 2. The van der Waals surface area contributed by atoms with E-state index in [2.05, 4.69) is 10.0 Å². The quantitative estimate of drug-likeness (QED) is 0.671. The van der Waals surface area contributed by atoms with Gasteiger partial charge in [0, 0.05) is 30.8 Å². The minimum atomic E-state index is -3.70. The Labute approximate surface area is 158 Å². The fraction of sp³-hybridized carbons (Fsp3) is 0.278. The summed E-state index contributed by atoms with van der Waals surface area (Å²) in [6, 6.07) is 11.6. The van der Waals surface area contributed by atoms with Gasteiger partial charge >= 0.3 is 0 Å². The molecule has 1 amide bonds. The first-order valence-corrected chi connectivity index (χ1v) is 9.81. The van der Waals surface area contributed by atoms with Gasteiger partial charge in [-0.1, -0.05) is 29.8 Å². The number of benzene rings is 2. The number of methoxy groups -OCH3 is 1. The van der Waals surface area contributed by atoms with E-state index in [0.29, 0.717) is 22.7 Å². The zero-order chi connectivity index (χ0) is 19.2. The molecule has 0 aliphatic carbocycles. The summed E-state index contributed by atoms with van der Waals surface area (Å²) in [5.41, 5.74) is 1.90. The van der Waals surface area contributed by atoms with E-state index in [9.17, 15) is 13.2 Å². The molecule has 8 heteroatoms. The third-order valence-electron chi connectivity index (χ3n) is 3.73. The minimum Gasteiger partial charge on any atom is -0.383 e. The molecule has 2 N–H and O–H groups in total. The highest BCUT2D eigenvalue weighted by Crippen LogP contribution is 2.16. The number of carbonyl (C=O) groups excluding carboxylic acids is 1. The molecule has 0 unspecified atom stereocenters. The third kappa shape index (κ3) is 5.54. The summed E-state index contributed by atoms with van der Waals surface area (Å²) in [4.78, 5) is 12.5. The van der Waals surface area contributed by atoms with Gasteiger partial charge < -0.3 is 10.1 Å². The van der Waals surface area contributed by atoms with Crippen LogP contribution in [0.1, 0.15) is 21.5 Å². The molecule has 2 aromatic rings. The van der Waals surface area contributed by atoms with E-state index in [0.717, 1.165) is 5.56 Å². The van der Waals surface area contributed by atoms with Crippen LogP contribution in [0.4, 0.5) is 0 Å². The summed E-state index contributed by atoms with van der Waals surface area (Å²) >= 11 is 5.84. The fourth-order valence-electron chi connectivity index (χ4n) is 2.25. The van der Waals surface area contributed by atoms with Crippen LogP contribution in [-0.4, -0.2) is 34.6 Å². The molecule has 0 fully saturated rings. The van der Waals surface area contributed by atoms with Crippen molar-refractivity contribution in [3.8, 4) is 0 Å². The number of hydrogen-bond acceptors (Lipinski definition) is 4. The molecular formula is C18H21ClN2O4S. The minimum absolute atomic E-state index is 0.0378. The summed E-state index contributed by atoms with van der Waals surface area (Å²) in [6.07, 6.45) is 0. The van der Waals surface area contributed by atoms with Gasteiger partial charge in [0.25, 0.3) is 5.91 Å². The van der Waals surface area contributed by atoms with Crippen molar-refractivity contribution in [1.29, 1.82) is 0 Å². The molecule has 0 radical (unpaired) electrons. The average molecular weight is 397 g/mol. The molecule has 140 valence electrons. The number of halogens is 1. The van der Waals surface area contributed by atoms with Crippen molar-refractivity contribution in [2.45, 2.75) is 18.4 Å². The summed E-state index contributed by atoms with van der Waals surface area (Å²) < 4.78 is 31.9. The summed E-state index contributed by atoms with van der Waals surface area (Å²) in [6.45, 7) is 2.49. The number of ether oxygens (including phenoxy) is 1. The van der Waals surface area contributed by atoms with Gasteiger partial charge in [-0.25, -0.2) is 13.1 Å². The van der Waals surface area contributed by atoms with E-state index in [4.69, 9.17) is 16.3 Å². The fourth-order valence-corrected chi connectivity index (χ4v) is 3.42. The summed E-state index contributed by atoms with van der Waals surface area (Å²) in [7, 11) is -2.21. The molecule has 26 heavy (non-hydrogen) atoms. The van der Waals surface area contributed by atoms with Crippen molar-refractivity contribution >= 4 is 27.5 Å². The maximum atomic E-state index is 12.5. The molecule has 2 aromatic carbocycles. The highest BCUT2D eigenvalue weighted by molar-refractivity contribution is 7.89. The van der Waals surface area contributed by atoms with Gasteiger partial charge in [0.05, 0.1) is 11.5 Å². The summed E-state index contributed by atoms with van der Waals surface area (Å²) in [5, 5.41) is 3.41. The highest BCUT2D eigenvalue weighted by Gasteiger charge is 2.17. The second-order valence-electron chi connectivity index (χ2n) is 5.68. The van der Waals surface area contributed by atoms with Gasteiger partial charge in [0.2, 0.25) is 10.0 Å². The van der Waals surface area contributed by atoms with E-state index < -0.39 is 10.0 Å². The Morgan fingerprint density at radius 3 is 2.50 bits per heavy atom. The first kappa shape index (κ1) is 20.4. The zero-order valence-electron chi connectivity index (χ0n) is 14.6. The number of aryl methyl sites for hydroxylation is 1. The van der Waals surface area contributed by atoms with Crippen LogP contribution in [-0.2, 0) is 21.3 Å². The molecule has 0 heterocycles. The van der Waals surface area contributed by atoms with Gasteiger partial charge in [0.1, 0.15) is 0 Å². The Balaban J connectivity index is 2.12. The van der Waals surface area contributed by atoms with Crippen molar-refractivity contribution in [1.82, 2.24) is 10.0 Å². The van der Waals surface area contributed by atoms with Crippen molar-refractivity contribution in [2.24, 2.45) is 0 Å². The number of sulfonamides is 1. The Kier molecular flexibility index (Phi) is 7.16. The number of carbonyl (C=O) groups is 1. The number of hydrogen-bond donors (Lipinski definition) is 2.